The second-order valence-corrected chi connectivity index (χ2v) is 5.25. The first kappa shape index (κ1) is 11.5. The van der Waals surface area contributed by atoms with Crippen LogP contribution in [-0.2, 0) is 0 Å². The van der Waals surface area contributed by atoms with Gasteiger partial charge in [-0.15, -0.1) is 0 Å². The van der Waals surface area contributed by atoms with Gasteiger partial charge in [-0.2, -0.15) is 0 Å². The monoisotopic (exact) mass is 246 g/mol. The normalized spacial score (nSPS) is 18.8. The summed E-state index contributed by atoms with van der Waals surface area (Å²) in [6.45, 7) is 0. The van der Waals surface area contributed by atoms with Crippen molar-refractivity contribution in [3.63, 3.8) is 0 Å². The molecule has 1 aromatic rings. The summed E-state index contributed by atoms with van der Waals surface area (Å²) >= 11 is 0. The van der Waals surface area contributed by atoms with E-state index in [-0.39, 0.29) is 5.91 Å². The van der Waals surface area contributed by atoms with Gasteiger partial charge in [-0.1, -0.05) is 0 Å². The molecule has 0 radical (unpaired) electrons. The number of rotatable bonds is 5. The Hall–Kier alpha value is -1.62. The molecular weight excluding hydrogens is 228 g/mol. The van der Waals surface area contributed by atoms with Crippen LogP contribution in [0.2, 0.25) is 0 Å². The first-order chi connectivity index (χ1) is 8.78. The Bertz CT molecular complexity index is 425. The Morgan fingerprint density at radius 1 is 1.28 bits per heavy atom. The number of carbonyl (C=O) groups is 1. The highest BCUT2D eigenvalue weighted by atomic mass is 16.1. The van der Waals surface area contributed by atoms with Gasteiger partial charge < -0.3 is 10.7 Å². The van der Waals surface area contributed by atoms with Crippen LogP contribution in [0.3, 0.4) is 0 Å². The van der Waals surface area contributed by atoms with E-state index in [4.69, 9.17) is 5.84 Å². The van der Waals surface area contributed by atoms with Crippen molar-refractivity contribution in [1.29, 1.82) is 0 Å². The summed E-state index contributed by atoms with van der Waals surface area (Å²) in [4.78, 5) is 16.2. The van der Waals surface area contributed by atoms with Crippen LogP contribution in [0, 0.1) is 11.8 Å². The smallest absolute Gasteiger partial charge is 0.270 e. The molecule has 0 unspecified atom stereocenters. The minimum absolute atomic E-state index is 0.0672. The van der Waals surface area contributed by atoms with Crippen molar-refractivity contribution in [1.82, 2.24) is 10.3 Å². The summed E-state index contributed by atoms with van der Waals surface area (Å²) in [6.07, 6.45) is 6.59. The van der Waals surface area contributed by atoms with Gasteiger partial charge in [0.15, 0.2) is 0 Å². The zero-order chi connectivity index (χ0) is 12.5. The lowest BCUT2D eigenvalue weighted by Crippen LogP contribution is -2.38. The lowest BCUT2D eigenvalue weighted by molar-refractivity contribution is 0.0921. The highest BCUT2D eigenvalue weighted by Gasteiger charge is 2.42. The van der Waals surface area contributed by atoms with E-state index < -0.39 is 0 Å². The van der Waals surface area contributed by atoms with Gasteiger partial charge >= 0.3 is 0 Å². The molecule has 1 amide bonds. The first-order valence-electron chi connectivity index (χ1n) is 6.51. The average Bonchev–Trinajstić information content (AvgIpc) is 3.29. The van der Waals surface area contributed by atoms with E-state index in [0.717, 1.165) is 0 Å². The predicted molar refractivity (Wildman–Crippen MR) is 68.7 cm³/mol. The molecule has 96 valence electrons. The lowest BCUT2D eigenvalue weighted by Gasteiger charge is -2.17. The van der Waals surface area contributed by atoms with Gasteiger partial charge in [0, 0.05) is 6.04 Å². The van der Waals surface area contributed by atoms with Crippen molar-refractivity contribution in [2.45, 2.75) is 31.7 Å². The number of nitrogens with one attached hydrogen (secondary N) is 2. The molecule has 0 aromatic carbocycles. The molecule has 4 N–H and O–H groups in total. The maximum Gasteiger partial charge on any atom is 0.270 e. The van der Waals surface area contributed by atoms with Gasteiger partial charge in [0.05, 0.1) is 11.9 Å². The molecule has 2 fully saturated rings. The highest BCUT2D eigenvalue weighted by Crippen LogP contribution is 2.44. The number of carbonyl (C=O) groups excluding carboxylic acids is 1. The van der Waals surface area contributed by atoms with E-state index in [0.29, 0.717) is 29.3 Å². The fraction of sp³-hybridized carbons (Fsp3) is 0.538. The van der Waals surface area contributed by atoms with Gasteiger partial charge in [-0.3, -0.25) is 10.6 Å². The predicted octanol–water partition coefficient (Wildman–Crippen LogP) is 1.29. The van der Waals surface area contributed by atoms with E-state index in [1.54, 1.807) is 18.3 Å². The third-order valence-electron chi connectivity index (χ3n) is 3.72. The van der Waals surface area contributed by atoms with Crippen LogP contribution >= 0.6 is 0 Å². The van der Waals surface area contributed by atoms with Crippen LogP contribution < -0.4 is 16.6 Å². The number of hydrogen-bond acceptors (Lipinski definition) is 4. The molecule has 0 saturated heterocycles. The third kappa shape index (κ3) is 2.46. The summed E-state index contributed by atoms with van der Waals surface area (Å²) in [5.74, 6) is 6.60. The zero-order valence-electron chi connectivity index (χ0n) is 10.2. The number of nitrogens with two attached hydrogens (primary N) is 1. The molecule has 3 rings (SSSR count). The third-order valence-corrected chi connectivity index (χ3v) is 3.72. The second kappa shape index (κ2) is 4.57. The molecule has 0 bridgehead atoms. The van der Waals surface area contributed by atoms with Crippen molar-refractivity contribution < 1.29 is 4.79 Å². The lowest BCUT2D eigenvalue weighted by atomic mass is 10.1. The number of hydrazine groups is 1. The molecule has 2 aliphatic carbocycles. The average molecular weight is 246 g/mol. The number of pyridine rings is 1. The summed E-state index contributed by atoms with van der Waals surface area (Å²) in [6, 6.07) is 3.82. The largest absolute Gasteiger partial charge is 0.347 e. The maximum atomic E-state index is 12.1. The van der Waals surface area contributed by atoms with Gasteiger partial charge in [0.1, 0.15) is 5.69 Å². The van der Waals surface area contributed by atoms with Crippen molar-refractivity contribution in [2.75, 3.05) is 5.43 Å². The molecular formula is C13H18N4O. The fourth-order valence-electron chi connectivity index (χ4n) is 2.37. The molecule has 0 aliphatic heterocycles. The van der Waals surface area contributed by atoms with Crippen LogP contribution in [0.25, 0.3) is 0 Å². The molecule has 0 spiro atoms. The molecule has 2 aliphatic rings. The molecule has 1 heterocycles. The highest BCUT2D eigenvalue weighted by molar-refractivity contribution is 5.92. The molecule has 5 heteroatoms. The van der Waals surface area contributed by atoms with E-state index >= 15 is 0 Å². The Morgan fingerprint density at radius 2 is 1.94 bits per heavy atom. The number of nitrogen functional groups attached to an aromatic ring is 1. The topological polar surface area (TPSA) is 80.0 Å². The number of anilines is 1. The van der Waals surface area contributed by atoms with Crippen LogP contribution in [0.15, 0.2) is 18.3 Å². The second-order valence-electron chi connectivity index (χ2n) is 5.25. The van der Waals surface area contributed by atoms with Gasteiger partial charge in [0.25, 0.3) is 5.91 Å². The first-order valence-corrected chi connectivity index (χ1v) is 6.51. The quantitative estimate of drug-likeness (QED) is 0.540. The number of hydrogen-bond donors (Lipinski definition) is 3. The Kier molecular flexibility index (Phi) is 2.91. The summed E-state index contributed by atoms with van der Waals surface area (Å²) in [7, 11) is 0. The summed E-state index contributed by atoms with van der Waals surface area (Å²) in [5, 5.41) is 3.14. The van der Waals surface area contributed by atoms with E-state index in [2.05, 4.69) is 15.7 Å². The molecule has 18 heavy (non-hydrogen) atoms. The molecule has 1 aromatic heterocycles. The molecule has 5 nitrogen and oxygen atoms in total. The summed E-state index contributed by atoms with van der Waals surface area (Å²) in [5.41, 5.74) is 3.66. The van der Waals surface area contributed by atoms with Crippen LogP contribution in [0.1, 0.15) is 36.2 Å². The fourth-order valence-corrected chi connectivity index (χ4v) is 2.37. The minimum atomic E-state index is -0.0672. The summed E-state index contributed by atoms with van der Waals surface area (Å²) < 4.78 is 0. The Labute approximate surface area is 106 Å². The van der Waals surface area contributed by atoms with Crippen molar-refractivity contribution in [3.8, 4) is 0 Å². The molecule has 0 atom stereocenters. The van der Waals surface area contributed by atoms with Gasteiger partial charge in [-0.05, 0) is 49.7 Å². The van der Waals surface area contributed by atoms with Crippen LogP contribution in [0.5, 0.6) is 0 Å². The molecule has 2 saturated carbocycles. The zero-order valence-corrected chi connectivity index (χ0v) is 10.2. The van der Waals surface area contributed by atoms with Crippen LogP contribution in [0.4, 0.5) is 5.69 Å². The number of amides is 1. The van der Waals surface area contributed by atoms with Crippen molar-refractivity contribution >= 4 is 11.6 Å². The van der Waals surface area contributed by atoms with Gasteiger partial charge in [0.2, 0.25) is 0 Å². The Morgan fingerprint density at radius 3 is 2.39 bits per heavy atom. The Balaban J connectivity index is 1.65. The van der Waals surface area contributed by atoms with Crippen LogP contribution in [-0.4, -0.2) is 16.9 Å². The van der Waals surface area contributed by atoms with E-state index in [9.17, 15) is 4.79 Å². The van der Waals surface area contributed by atoms with E-state index in [1.807, 2.05) is 0 Å². The van der Waals surface area contributed by atoms with Gasteiger partial charge in [-0.25, -0.2) is 4.98 Å². The number of nitrogens with zero attached hydrogens (tertiary/aromatic N) is 1. The number of aromatic nitrogens is 1. The standard InChI is InChI=1S/C13H18N4O/c14-17-10-5-6-11(15-7-10)13(18)16-12(8-1-2-8)9-3-4-9/h5-9,12,17H,1-4,14H2,(H,16,18). The van der Waals surface area contributed by atoms with E-state index in [1.165, 1.54) is 25.7 Å². The SMILES string of the molecule is NNc1ccc(C(=O)NC(C2CC2)C2CC2)nc1. The maximum absolute atomic E-state index is 12.1. The minimum Gasteiger partial charge on any atom is -0.347 e. The van der Waals surface area contributed by atoms with Crippen molar-refractivity contribution in [2.24, 2.45) is 17.7 Å². The van der Waals surface area contributed by atoms with Crippen molar-refractivity contribution in [3.05, 3.63) is 24.0 Å².